The van der Waals surface area contributed by atoms with Gasteiger partial charge >= 0.3 is 0 Å². The predicted octanol–water partition coefficient (Wildman–Crippen LogP) is 4.76. The van der Waals surface area contributed by atoms with Gasteiger partial charge in [-0.3, -0.25) is 4.90 Å². The fraction of sp³-hybridized carbons (Fsp3) is 0.333. The summed E-state index contributed by atoms with van der Waals surface area (Å²) in [6.45, 7) is 7.79. The van der Waals surface area contributed by atoms with Crippen molar-refractivity contribution in [1.29, 1.82) is 0 Å². The highest BCUT2D eigenvalue weighted by Gasteiger charge is 2.16. The lowest BCUT2D eigenvalue weighted by atomic mass is 10.0. The Bertz CT molecular complexity index is 1420. The van der Waals surface area contributed by atoms with Crippen LogP contribution in [0.15, 0.2) is 66.9 Å². The fourth-order valence-electron chi connectivity index (χ4n) is 5.17. The summed E-state index contributed by atoms with van der Waals surface area (Å²) >= 11 is 0. The van der Waals surface area contributed by atoms with Crippen LogP contribution in [-0.2, 0) is 11.3 Å². The number of likely N-dealkylation sites (N-methyl/N-ethyl adjacent to an activating group) is 1. The van der Waals surface area contributed by atoms with Crippen molar-refractivity contribution in [3.05, 3.63) is 78.2 Å². The molecule has 0 aliphatic carbocycles. The monoisotopic (exact) mass is 512 g/mol. The smallest absolute Gasteiger partial charge is 0.227 e. The fourth-order valence-corrected chi connectivity index (χ4v) is 5.17. The van der Waals surface area contributed by atoms with Gasteiger partial charge in [0.1, 0.15) is 5.82 Å². The van der Waals surface area contributed by atoms with Crippen LogP contribution in [0.5, 0.6) is 0 Å². The number of fused-ring (bicyclic) bond motifs is 1. The Morgan fingerprint density at radius 3 is 2.55 bits per heavy atom. The summed E-state index contributed by atoms with van der Waals surface area (Å²) < 4.78 is 20.6. The van der Waals surface area contributed by atoms with Crippen LogP contribution < -0.4 is 10.2 Å². The van der Waals surface area contributed by atoms with Gasteiger partial charge in [0.2, 0.25) is 5.95 Å². The number of hydrogen-bond donors (Lipinski definition) is 1. The first-order valence-electron chi connectivity index (χ1n) is 13.3. The summed E-state index contributed by atoms with van der Waals surface area (Å²) in [5.74, 6) is 0.323. The van der Waals surface area contributed by atoms with Gasteiger partial charge in [-0.1, -0.05) is 36.4 Å². The van der Waals surface area contributed by atoms with Crippen molar-refractivity contribution in [2.24, 2.45) is 0 Å². The van der Waals surface area contributed by atoms with Crippen LogP contribution in [0.25, 0.3) is 22.0 Å². The molecule has 0 unspecified atom stereocenters. The maximum absolute atomic E-state index is 15.2. The number of ether oxygens (including phenoxy) is 1. The van der Waals surface area contributed by atoms with Gasteiger partial charge in [-0.2, -0.15) is 0 Å². The molecule has 0 spiro atoms. The molecule has 8 heteroatoms. The van der Waals surface area contributed by atoms with E-state index < -0.39 is 0 Å². The minimum atomic E-state index is -0.195. The highest BCUT2D eigenvalue weighted by Crippen LogP contribution is 2.30. The van der Waals surface area contributed by atoms with Crippen LogP contribution in [0.2, 0.25) is 0 Å². The number of halogens is 1. The minimum absolute atomic E-state index is 0.195. The second kappa shape index (κ2) is 11.0. The third kappa shape index (κ3) is 5.48. The second-order valence-corrected chi connectivity index (χ2v) is 10.1. The second-order valence-electron chi connectivity index (χ2n) is 10.1. The van der Waals surface area contributed by atoms with Crippen molar-refractivity contribution in [2.75, 3.05) is 69.7 Å². The molecule has 3 aromatic carbocycles. The topological polar surface area (TPSA) is 56.8 Å². The lowest BCUT2D eigenvalue weighted by molar-refractivity contribution is 0.0337. The molecule has 38 heavy (non-hydrogen) atoms. The van der Waals surface area contributed by atoms with Crippen molar-refractivity contribution in [2.45, 2.75) is 6.54 Å². The molecule has 196 valence electrons. The highest BCUT2D eigenvalue weighted by molar-refractivity contribution is 5.94. The number of nitrogens with one attached hydrogen (secondary N) is 1. The molecule has 0 bridgehead atoms. The van der Waals surface area contributed by atoms with E-state index in [0.717, 1.165) is 67.0 Å². The molecule has 4 aromatic rings. The Hall–Kier alpha value is -3.59. The minimum Gasteiger partial charge on any atom is -0.379 e. The molecule has 1 N–H and O–H groups in total. The first-order valence-corrected chi connectivity index (χ1v) is 13.3. The third-order valence-corrected chi connectivity index (χ3v) is 7.44. The first-order chi connectivity index (χ1) is 18.6. The van der Waals surface area contributed by atoms with E-state index in [2.05, 4.69) is 50.2 Å². The van der Waals surface area contributed by atoms with Crippen molar-refractivity contribution >= 4 is 28.2 Å². The zero-order valence-electron chi connectivity index (χ0n) is 21.7. The Labute approximate surface area is 222 Å². The first kappa shape index (κ1) is 24.7. The van der Waals surface area contributed by atoms with Gasteiger partial charge < -0.3 is 19.9 Å². The highest BCUT2D eigenvalue weighted by atomic mass is 19.1. The van der Waals surface area contributed by atoms with E-state index >= 15 is 4.39 Å². The van der Waals surface area contributed by atoms with Gasteiger partial charge in [0.05, 0.1) is 18.7 Å². The molecule has 2 fully saturated rings. The Morgan fingerprint density at radius 2 is 1.74 bits per heavy atom. The van der Waals surface area contributed by atoms with Crippen molar-refractivity contribution in [3.8, 4) is 11.1 Å². The molecule has 0 atom stereocenters. The van der Waals surface area contributed by atoms with Crippen LogP contribution in [-0.4, -0.2) is 79.3 Å². The summed E-state index contributed by atoms with van der Waals surface area (Å²) in [5, 5.41) is 4.29. The Morgan fingerprint density at radius 1 is 0.921 bits per heavy atom. The lowest BCUT2D eigenvalue weighted by Crippen LogP contribution is -2.44. The molecular formula is C30H33FN6O. The van der Waals surface area contributed by atoms with Crippen LogP contribution in [0, 0.1) is 5.82 Å². The van der Waals surface area contributed by atoms with E-state index in [1.807, 2.05) is 42.6 Å². The summed E-state index contributed by atoms with van der Waals surface area (Å²) in [5.41, 5.74) is 5.32. The summed E-state index contributed by atoms with van der Waals surface area (Å²) in [7, 11) is 2.16. The normalized spacial score (nSPS) is 17.2. The van der Waals surface area contributed by atoms with Crippen LogP contribution >= 0.6 is 0 Å². The van der Waals surface area contributed by atoms with Gasteiger partial charge in [0.15, 0.2) is 0 Å². The molecule has 2 aliphatic heterocycles. The molecule has 3 heterocycles. The lowest BCUT2D eigenvalue weighted by Gasteiger charge is -2.34. The zero-order chi connectivity index (χ0) is 25.9. The number of para-hydroxylation sites is 1. The van der Waals surface area contributed by atoms with Crippen molar-refractivity contribution in [3.63, 3.8) is 0 Å². The predicted molar refractivity (Wildman–Crippen MR) is 150 cm³/mol. The van der Waals surface area contributed by atoms with Crippen LogP contribution in [0.4, 0.5) is 21.7 Å². The molecule has 0 amide bonds. The molecule has 6 rings (SSSR count). The van der Waals surface area contributed by atoms with E-state index in [1.54, 1.807) is 6.07 Å². The van der Waals surface area contributed by atoms with Gasteiger partial charge in [-0.25, -0.2) is 14.4 Å². The number of morpholine rings is 1. The molecular weight excluding hydrogens is 479 g/mol. The van der Waals surface area contributed by atoms with Gasteiger partial charge in [0, 0.05) is 79.9 Å². The van der Waals surface area contributed by atoms with Crippen LogP contribution in [0.1, 0.15) is 5.56 Å². The molecule has 0 radical (unpaired) electrons. The number of rotatable bonds is 6. The van der Waals surface area contributed by atoms with E-state index in [9.17, 15) is 0 Å². The van der Waals surface area contributed by atoms with Gasteiger partial charge in [0.25, 0.3) is 0 Å². The van der Waals surface area contributed by atoms with E-state index in [1.165, 1.54) is 5.69 Å². The number of aromatic nitrogens is 2. The number of anilines is 3. The third-order valence-electron chi connectivity index (χ3n) is 7.44. The maximum Gasteiger partial charge on any atom is 0.227 e. The number of piperazine rings is 1. The number of nitrogens with zero attached hydrogens (tertiary/aromatic N) is 5. The Balaban J connectivity index is 1.24. The van der Waals surface area contributed by atoms with Gasteiger partial charge in [-0.05, 0) is 36.9 Å². The van der Waals surface area contributed by atoms with Gasteiger partial charge in [-0.15, -0.1) is 0 Å². The average Bonchev–Trinajstić information content (AvgIpc) is 2.95. The number of hydrogen-bond acceptors (Lipinski definition) is 7. The summed E-state index contributed by atoms with van der Waals surface area (Å²) in [6.07, 6.45) is 1.82. The molecule has 2 aliphatic rings. The standard InChI is InChI=1S/C30H33FN6O/c1-35-10-12-37(13-11-35)26-6-3-5-25(19-26)33-30-32-20-23-4-2-7-27(29(23)34-30)22-8-9-24(28(31)18-22)21-36-14-16-38-17-15-36/h2-9,18-20H,10-17,21H2,1H3,(H,32,33,34). The van der Waals surface area contributed by atoms with Crippen molar-refractivity contribution < 1.29 is 9.13 Å². The largest absolute Gasteiger partial charge is 0.379 e. The van der Waals surface area contributed by atoms with Crippen molar-refractivity contribution in [1.82, 2.24) is 19.8 Å². The SMILES string of the molecule is CN1CCN(c2cccc(Nc3ncc4cccc(-c5ccc(CN6CCOCC6)c(F)c5)c4n3)c2)CC1. The molecule has 0 saturated carbocycles. The van der Waals surface area contributed by atoms with E-state index in [0.29, 0.717) is 31.3 Å². The summed E-state index contributed by atoms with van der Waals surface area (Å²) in [6, 6.07) is 19.8. The molecule has 1 aromatic heterocycles. The Kier molecular flexibility index (Phi) is 7.18. The summed E-state index contributed by atoms with van der Waals surface area (Å²) in [4.78, 5) is 16.4. The molecule has 2 saturated heterocycles. The quantitative estimate of drug-likeness (QED) is 0.400. The van der Waals surface area contributed by atoms with Crippen LogP contribution in [0.3, 0.4) is 0 Å². The number of benzene rings is 3. The maximum atomic E-state index is 15.2. The average molecular weight is 513 g/mol. The molecule has 7 nitrogen and oxygen atoms in total. The van der Waals surface area contributed by atoms with E-state index in [4.69, 9.17) is 9.72 Å². The zero-order valence-corrected chi connectivity index (χ0v) is 21.7. The van der Waals surface area contributed by atoms with E-state index in [-0.39, 0.29) is 5.82 Å².